The lowest BCUT2D eigenvalue weighted by atomic mass is 10.0. The van der Waals surface area contributed by atoms with Gasteiger partial charge in [0.2, 0.25) is 5.91 Å². The number of hydrogen-bond donors (Lipinski definition) is 3. The smallest absolute Gasteiger partial charge is 0.305 e. The van der Waals surface area contributed by atoms with Crippen molar-refractivity contribution in [3.8, 4) is 0 Å². The Morgan fingerprint density at radius 2 is 0.641 bits per heavy atom. The SMILES string of the molecule is CCCCCCCCCCCCCCCCCCC(=O)OCCCCCCCCCCC/C=C\C/C=C\CCCCCCCCCCCCCCCCCC(=O)NC(CO)C(O)CCCCCCCCCCCCCCCC. The molecule has 0 aromatic rings. The molecule has 0 fully saturated rings. The summed E-state index contributed by atoms with van der Waals surface area (Å²) in [5, 5.41) is 23.3. The summed E-state index contributed by atoms with van der Waals surface area (Å²) in [6.07, 6.45) is 85.2. The quantitative estimate of drug-likeness (QED) is 0.0320. The number of hydrogen-bond acceptors (Lipinski definition) is 5. The van der Waals surface area contributed by atoms with Crippen LogP contribution in [0.15, 0.2) is 24.3 Å². The van der Waals surface area contributed by atoms with Gasteiger partial charge in [0.25, 0.3) is 0 Å². The molecule has 78 heavy (non-hydrogen) atoms. The fourth-order valence-corrected chi connectivity index (χ4v) is 11.3. The highest BCUT2D eigenvalue weighted by atomic mass is 16.5. The molecule has 2 unspecified atom stereocenters. The average Bonchev–Trinajstić information content (AvgIpc) is 3.44. The van der Waals surface area contributed by atoms with Crippen molar-refractivity contribution in [3.63, 3.8) is 0 Å². The number of esters is 1. The summed E-state index contributed by atoms with van der Waals surface area (Å²) >= 11 is 0. The number of amides is 1. The Bertz CT molecular complexity index is 1220. The number of nitrogens with one attached hydrogen (secondary N) is 1. The molecule has 2 atom stereocenters. The number of carbonyl (C=O) groups is 2. The second kappa shape index (κ2) is 67.8. The minimum absolute atomic E-state index is 0.0173. The molecule has 0 bridgehead atoms. The summed E-state index contributed by atoms with van der Waals surface area (Å²) in [6.45, 7) is 4.99. The van der Waals surface area contributed by atoms with Gasteiger partial charge < -0.3 is 20.3 Å². The molecule has 6 heteroatoms. The van der Waals surface area contributed by atoms with E-state index in [0.29, 0.717) is 25.9 Å². The van der Waals surface area contributed by atoms with E-state index >= 15 is 0 Å². The summed E-state index contributed by atoms with van der Waals surface area (Å²) in [5.74, 6) is -0.0146. The Hall–Kier alpha value is -1.66. The van der Waals surface area contributed by atoms with E-state index in [2.05, 4.69) is 43.5 Å². The molecular formula is C72H139NO5. The van der Waals surface area contributed by atoms with Gasteiger partial charge >= 0.3 is 5.97 Å². The van der Waals surface area contributed by atoms with E-state index in [1.54, 1.807) is 0 Å². The van der Waals surface area contributed by atoms with E-state index in [9.17, 15) is 19.8 Å². The molecule has 462 valence electrons. The van der Waals surface area contributed by atoms with Gasteiger partial charge in [-0.2, -0.15) is 0 Å². The number of carbonyl (C=O) groups excluding carboxylic acids is 2. The standard InChI is InChI=1S/C72H139NO5/c1-3-5-7-9-11-13-15-17-19-38-42-46-50-54-58-62-66-72(77)78-67-63-59-55-51-47-43-39-36-34-32-30-28-26-24-22-20-21-23-25-27-29-31-33-35-37-41-45-49-53-57-61-65-71(76)73-69(68-74)70(75)64-60-56-52-48-44-40-18-16-14-12-10-8-6-4-2/h22,24,28,30,69-70,74-75H,3-21,23,25-27,29,31-68H2,1-2H3,(H,73,76)/b24-22-,30-28-. The monoisotopic (exact) mass is 1100 g/mol. The van der Waals surface area contributed by atoms with Gasteiger partial charge in [-0.3, -0.25) is 9.59 Å². The molecular weight excluding hydrogens is 959 g/mol. The third kappa shape index (κ3) is 63.5. The first-order valence-electron chi connectivity index (χ1n) is 35.6. The third-order valence-electron chi connectivity index (χ3n) is 16.8. The summed E-state index contributed by atoms with van der Waals surface area (Å²) in [7, 11) is 0. The largest absolute Gasteiger partial charge is 0.466 e. The topological polar surface area (TPSA) is 95.9 Å². The van der Waals surface area contributed by atoms with E-state index in [4.69, 9.17) is 4.74 Å². The van der Waals surface area contributed by atoms with Crippen LogP contribution in [0, 0.1) is 0 Å². The fourth-order valence-electron chi connectivity index (χ4n) is 11.3. The Morgan fingerprint density at radius 1 is 0.359 bits per heavy atom. The van der Waals surface area contributed by atoms with Crippen LogP contribution in [0.2, 0.25) is 0 Å². The van der Waals surface area contributed by atoms with Crippen molar-refractivity contribution in [2.75, 3.05) is 13.2 Å². The van der Waals surface area contributed by atoms with Crippen LogP contribution in [0.1, 0.15) is 399 Å². The van der Waals surface area contributed by atoms with Crippen molar-refractivity contribution in [1.82, 2.24) is 5.32 Å². The van der Waals surface area contributed by atoms with Gasteiger partial charge in [0, 0.05) is 12.8 Å². The first-order chi connectivity index (χ1) is 38.5. The molecule has 0 saturated carbocycles. The van der Waals surface area contributed by atoms with Crippen LogP contribution < -0.4 is 5.32 Å². The molecule has 0 aromatic carbocycles. The van der Waals surface area contributed by atoms with Crippen LogP contribution in [-0.4, -0.2) is 47.4 Å². The summed E-state index contributed by atoms with van der Waals surface area (Å²) in [5.41, 5.74) is 0. The Kier molecular flexibility index (Phi) is 66.4. The predicted molar refractivity (Wildman–Crippen MR) is 343 cm³/mol. The van der Waals surface area contributed by atoms with Crippen molar-refractivity contribution in [2.45, 2.75) is 411 Å². The number of rotatable bonds is 67. The van der Waals surface area contributed by atoms with Gasteiger partial charge in [-0.1, -0.05) is 353 Å². The van der Waals surface area contributed by atoms with Crippen LogP contribution in [0.25, 0.3) is 0 Å². The Labute approximate surface area is 488 Å². The molecule has 6 nitrogen and oxygen atoms in total. The molecule has 0 heterocycles. The minimum atomic E-state index is -0.663. The normalized spacial score (nSPS) is 12.6. The summed E-state index contributed by atoms with van der Waals surface area (Å²) in [6, 6.07) is -0.540. The fraction of sp³-hybridized carbons (Fsp3) is 0.917. The highest BCUT2D eigenvalue weighted by Crippen LogP contribution is 2.19. The predicted octanol–water partition coefficient (Wildman–Crippen LogP) is 22.9. The van der Waals surface area contributed by atoms with Crippen molar-refractivity contribution in [3.05, 3.63) is 24.3 Å². The average molecular weight is 1100 g/mol. The zero-order valence-electron chi connectivity index (χ0n) is 52.9. The highest BCUT2D eigenvalue weighted by molar-refractivity contribution is 5.76. The van der Waals surface area contributed by atoms with Gasteiger partial charge in [0.1, 0.15) is 0 Å². The number of unbranched alkanes of at least 4 members (excludes halogenated alkanes) is 52. The van der Waals surface area contributed by atoms with Crippen LogP contribution >= 0.6 is 0 Å². The number of ether oxygens (including phenoxy) is 1. The first-order valence-corrected chi connectivity index (χ1v) is 35.6. The molecule has 0 aromatic heterocycles. The molecule has 0 aliphatic heterocycles. The molecule has 3 N–H and O–H groups in total. The van der Waals surface area contributed by atoms with E-state index < -0.39 is 12.1 Å². The van der Waals surface area contributed by atoms with Gasteiger partial charge in [-0.15, -0.1) is 0 Å². The molecule has 0 radical (unpaired) electrons. The highest BCUT2D eigenvalue weighted by Gasteiger charge is 2.20. The van der Waals surface area contributed by atoms with Crippen LogP contribution in [0.5, 0.6) is 0 Å². The zero-order chi connectivity index (χ0) is 56.4. The molecule has 0 rings (SSSR count). The molecule has 1 amide bonds. The van der Waals surface area contributed by atoms with Crippen molar-refractivity contribution in [1.29, 1.82) is 0 Å². The van der Waals surface area contributed by atoms with E-state index in [-0.39, 0.29) is 18.5 Å². The van der Waals surface area contributed by atoms with Gasteiger partial charge in [-0.05, 0) is 57.8 Å². The number of aliphatic hydroxyl groups excluding tert-OH is 2. The Morgan fingerprint density at radius 3 is 0.974 bits per heavy atom. The second-order valence-corrected chi connectivity index (χ2v) is 24.6. The lowest BCUT2D eigenvalue weighted by molar-refractivity contribution is -0.143. The third-order valence-corrected chi connectivity index (χ3v) is 16.8. The summed E-state index contributed by atoms with van der Waals surface area (Å²) < 4.78 is 5.50. The molecule has 0 spiro atoms. The first kappa shape index (κ1) is 76.3. The maximum atomic E-state index is 12.5. The number of aliphatic hydroxyl groups is 2. The zero-order valence-corrected chi connectivity index (χ0v) is 52.9. The maximum absolute atomic E-state index is 12.5. The van der Waals surface area contributed by atoms with Crippen LogP contribution in [0.4, 0.5) is 0 Å². The molecule has 0 aliphatic rings. The molecule has 0 saturated heterocycles. The van der Waals surface area contributed by atoms with Crippen LogP contribution in [-0.2, 0) is 14.3 Å². The maximum Gasteiger partial charge on any atom is 0.305 e. The van der Waals surface area contributed by atoms with Crippen molar-refractivity contribution < 1.29 is 24.5 Å². The van der Waals surface area contributed by atoms with E-state index in [1.165, 1.54) is 321 Å². The van der Waals surface area contributed by atoms with Gasteiger partial charge in [-0.25, -0.2) is 0 Å². The van der Waals surface area contributed by atoms with Crippen molar-refractivity contribution in [2.24, 2.45) is 0 Å². The Balaban J connectivity index is 3.37. The van der Waals surface area contributed by atoms with E-state index in [1.807, 2.05) is 0 Å². The lowest BCUT2D eigenvalue weighted by Crippen LogP contribution is -2.45. The minimum Gasteiger partial charge on any atom is -0.466 e. The van der Waals surface area contributed by atoms with Gasteiger partial charge in [0.15, 0.2) is 0 Å². The van der Waals surface area contributed by atoms with Crippen molar-refractivity contribution >= 4 is 11.9 Å². The lowest BCUT2D eigenvalue weighted by Gasteiger charge is -2.22. The van der Waals surface area contributed by atoms with Crippen LogP contribution in [0.3, 0.4) is 0 Å². The van der Waals surface area contributed by atoms with E-state index in [0.717, 1.165) is 44.9 Å². The molecule has 0 aliphatic carbocycles. The summed E-state index contributed by atoms with van der Waals surface area (Å²) in [4.78, 5) is 24.6. The second-order valence-electron chi connectivity index (χ2n) is 24.6. The van der Waals surface area contributed by atoms with Gasteiger partial charge in [0.05, 0.1) is 25.4 Å². The number of allylic oxidation sites excluding steroid dienone is 4.